The van der Waals surface area contributed by atoms with Crippen LogP contribution in [0.25, 0.3) is 0 Å². The maximum absolute atomic E-state index is 13.6. The highest BCUT2D eigenvalue weighted by Crippen LogP contribution is 2.38. The molecule has 0 aliphatic heterocycles. The van der Waals surface area contributed by atoms with Gasteiger partial charge in [-0.25, -0.2) is 4.39 Å². The molecule has 0 saturated carbocycles. The van der Waals surface area contributed by atoms with Gasteiger partial charge in [0.15, 0.2) is 0 Å². The van der Waals surface area contributed by atoms with Crippen LogP contribution in [-0.2, 0) is 0 Å². The molecule has 6 heteroatoms. The van der Waals surface area contributed by atoms with Crippen molar-refractivity contribution in [2.45, 2.75) is 6.10 Å². The molecule has 17 heavy (non-hydrogen) atoms. The van der Waals surface area contributed by atoms with Crippen molar-refractivity contribution in [3.05, 3.63) is 54.4 Å². The first-order valence-corrected chi connectivity index (χ1v) is 6.93. The smallest absolute Gasteiger partial charge is 0.130 e. The van der Waals surface area contributed by atoms with Crippen LogP contribution in [0.5, 0.6) is 0 Å². The van der Waals surface area contributed by atoms with Gasteiger partial charge in [0.1, 0.15) is 16.3 Å². The van der Waals surface area contributed by atoms with Crippen molar-refractivity contribution in [1.29, 1.82) is 0 Å². The fourth-order valence-electron chi connectivity index (χ4n) is 1.37. The molecule has 0 aliphatic carbocycles. The molecule has 1 unspecified atom stereocenters. The van der Waals surface area contributed by atoms with E-state index in [9.17, 15) is 9.50 Å². The summed E-state index contributed by atoms with van der Waals surface area (Å²) in [6.07, 6.45) is -1.04. The molecule has 1 heterocycles. The largest absolute Gasteiger partial charge is 0.383 e. The summed E-state index contributed by atoms with van der Waals surface area (Å²) in [4.78, 5) is 0.572. The number of hydrogen-bond acceptors (Lipinski definition) is 2. The van der Waals surface area contributed by atoms with E-state index in [4.69, 9.17) is 23.2 Å². The van der Waals surface area contributed by atoms with Gasteiger partial charge < -0.3 is 5.11 Å². The third-order valence-electron chi connectivity index (χ3n) is 2.19. The molecule has 0 radical (unpaired) electrons. The van der Waals surface area contributed by atoms with Crippen molar-refractivity contribution in [1.82, 2.24) is 0 Å². The number of benzene rings is 1. The van der Waals surface area contributed by atoms with Crippen molar-refractivity contribution < 1.29 is 9.50 Å². The zero-order valence-corrected chi connectivity index (χ0v) is 12.2. The highest BCUT2D eigenvalue weighted by atomic mass is 79.9. The van der Waals surface area contributed by atoms with E-state index in [1.807, 2.05) is 0 Å². The van der Waals surface area contributed by atoms with Crippen LogP contribution in [0, 0.1) is 5.82 Å². The van der Waals surface area contributed by atoms with Gasteiger partial charge in [-0.1, -0.05) is 29.3 Å². The maximum atomic E-state index is 13.6. The van der Waals surface area contributed by atoms with Crippen molar-refractivity contribution in [3.8, 4) is 0 Å². The quantitative estimate of drug-likeness (QED) is 0.800. The average molecular weight is 356 g/mol. The Kier molecular flexibility index (Phi) is 4.10. The van der Waals surface area contributed by atoms with Gasteiger partial charge >= 0.3 is 0 Å². The SMILES string of the molecule is OC(c1cc(Br)c(Cl)s1)c1ccc(Cl)cc1F. The molecular formula is C11H6BrCl2FOS. The molecule has 0 bridgehead atoms. The molecule has 0 amide bonds. The Morgan fingerprint density at radius 2 is 2.00 bits per heavy atom. The van der Waals surface area contributed by atoms with Crippen LogP contribution < -0.4 is 0 Å². The monoisotopic (exact) mass is 354 g/mol. The minimum absolute atomic E-state index is 0.180. The van der Waals surface area contributed by atoms with E-state index in [0.717, 1.165) is 0 Å². The molecule has 0 spiro atoms. The van der Waals surface area contributed by atoms with Gasteiger partial charge in [0.2, 0.25) is 0 Å². The summed E-state index contributed by atoms with van der Waals surface area (Å²) in [6, 6.07) is 5.84. The van der Waals surface area contributed by atoms with Gasteiger partial charge in [0.25, 0.3) is 0 Å². The zero-order valence-electron chi connectivity index (χ0n) is 8.25. The van der Waals surface area contributed by atoms with E-state index in [0.29, 0.717) is 18.7 Å². The Balaban J connectivity index is 2.39. The van der Waals surface area contributed by atoms with Crippen LogP contribution in [0.15, 0.2) is 28.7 Å². The van der Waals surface area contributed by atoms with Crippen molar-refractivity contribution >= 4 is 50.5 Å². The van der Waals surface area contributed by atoms with E-state index in [1.54, 1.807) is 6.07 Å². The number of thiophene rings is 1. The minimum atomic E-state index is -1.04. The summed E-state index contributed by atoms with van der Waals surface area (Å²) in [5.41, 5.74) is 0.180. The minimum Gasteiger partial charge on any atom is -0.383 e. The van der Waals surface area contributed by atoms with E-state index in [1.165, 1.54) is 29.5 Å². The molecule has 1 atom stereocenters. The van der Waals surface area contributed by atoms with Crippen LogP contribution in [0.3, 0.4) is 0 Å². The average Bonchev–Trinajstić information content (AvgIpc) is 2.58. The third kappa shape index (κ3) is 2.83. The lowest BCUT2D eigenvalue weighted by molar-refractivity contribution is 0.218. The molecule has 2 aromatic rings. The predicted molar refractivity (Wildman–Crippen MR) is 72.5 cm³/mol. The second-order valence-corrected chi connectivity index (χ2v) is 6.32. The van der Waals surface area contributed by atoms with Gasteiger partial charge in [-0.3, -0.25) is 0 Å². The van der Waals surface area contributed by atoms with Gasteiger partial charge in [0.05, 0.1) is 0 Å². The first-order valence-electron chi connectivity index (χ1n) is 4.57. The Morgan fingerprint density at radius 1 is 1.29 bits per heavy atom. The number of aliphatic hydroxyl groups excluding tert-OH is 1. The van der Waals surface area contributed by atoms with Crippen molar-refractivity contribution in [3.63, 3.8) is 0 Å². The summed E-state index contributed by atoms with van der Waals surface area (Å²) >= 11 is 16.0. The van der Waals surface area contributed by atoms with Gasteiger partial charge in [-0.05, 0) is 34.1 Å². The fourth-order valence-corrected chi connectivity index (χ4v) is 3.27. The Morgan fingerprint density at radius 3 is 2.53 bits per heavy atom. The maximum Gasteiger partial charge on any atom is 0.130 e. The predicted octanol–water partition coefficient (Wildman–Crippen LogP) is 5.04. The standard InChI is InChI=1S/C11H6BrCl2FOS/c12-7-4-9(17-11(7)14)10(16)6-2-1-5(13)3-8(6)15/h1-4,10,16H. The summed E-state index contributed by atoms with van der Waals surface area (Å²) in [6.45, 7) is 0. The van der Waals surface area contributed by atoms with Crippen LogP contribution in [-0.4, -0.2) is 5.11 Å². The van der Waals surface area contributed by atoms with E-state index < -0.39 is 11.9 Å². The highest BCUT2D eigenvalue weighted by molar-refractivity contribution is 9.10. The first kappa shape index (κ1) is 13.3. The van der Waals surface area contributed by atoms with Crippen molar-refractivity contribution in [2.24, 2.45) is 0 Å². The number of aliphatic hydroxyl groups is 1. The van der Waals surface area contributed by atoms with Crippen molar-refractivity contribution in [2.75, 3.05) is 0 Å². The van der Waals surface area contributed by atoms with Gasteiger partial charge in [0, 0.05) is 19.9 Å². The summed E-state index contributed by atoms with van der Waals surface area (Å²) in [5, 5.41) is 10.3. The van der Waals surface area contributed by atoms with Crippen LogP contribution in [0.2, 0.25) is 9.36 Å². The normalized spacial score (nSPS) is 12.8. The molecular weight excluding hydrogens is 350 g/mol. The molecule has 0 aliphatic rings. The van der Waals surface area contributed by atoms with Crippen LogP contribution >= 0.6 is 50.5 Å². The molecule has 1 aromatic heterocycles. The van der Waals surface area contributed by atoms with Gasteiger partial charge in [-0.15, -0.1) is 11.3 Å². The summed E-state index contributed by atoms with van der Waals surface area (Å²) < 4.78 is 14.8. The molecule has 1 aromatic carbocycles. The lowest BCUT2D eigenvalue weighted by Crippen LogP contribution is -2.00. The van der Waals surface area contributed by atoms with Crippen LogP contribution in [0.1, 0.15) is 16.5 Å². The third-order valence-corrected chi connectivity index (χ3v) is 4.95. The Bertz CT molecular complexity index is 539. The molecule has 0 fully saturated rings. The summed E-state index contributed by atoms with van der Waals surface area (Å²) in [7, 11) is 0. The second-order valence-electron chi connectivity index (χ2n) is 3.34. The molecule has 0 saturated heterocycles. The molecule has 1 nitrogen and oxygen atoms in total. The molecule has 90 valence electrons. The van der Waals surface area contributed by atoms with Crippen LogP contribution in [0.4, 0.5) is 4.39 Å². The highest BCUT2D eigenvalue weighted by Gasteiger charge is 2.18. The second kappa shape index (κ2) is 5.24. The van der Waals surface area contributed by atoms with E-state index >= 15 is 0 Å². The zero-order chi connectivity index (χ0) is 12.6. The lowest BCUT2D eigenvalue weighted by atomic mass is 10.1. The molecule has 1 N–H and O–H groups in total. The number of rotatable bonds is 2. The van der Waals surface area contributed by atoms with E-state index in [-0.39, 0.29) is 5.56 Å². The number of halogens is 4. The molecule has 2 rings (SSSR count). The lowest BCUT2D eigenvalue weighted by Gasteiger charge is -2.09. The summed E-state index contributed by atoms with van der Waals surface area (Å²) in [5.74, 6) is -0.536. The Hall–Kier alpha value is -0.130. The topological polar surface area (TPSA) is 20.2 Å². The Labute approximate surface area is 120 Å². The van der Waals surface area contributed by atoms with Gasteiger partial charge in [-0.2, -0.15) is 0 Å². The van der Waals surface area contributed by atoms with E-state index in [2.05, 4.69) is 15.9 Å². The first-order chi connectivity index (χ1) is 7.99. The fraction of sp³-hybridized carbons (Fsp3) is 0.0909. The number of hydrogen-bond donors (Lipinski definition) is 1.